The maximum atomic E-state index is 13.5. The zero-order valence-corrected chi connectivity index (χ0v) is 20.4. The van der Waals surface area contributed by atoms with Crippen LogP contribution in [0.4, 0.5) is 4.39 Å². The molecule has 160 valence electrons. The molecule has 2 aromatic rings. The van der Waals surface area contributed by atoms with Gasteiger partial charge in [-0.1, -0.05) is 12.1 Å². The maximum Gasteiger partial charge on any atom is 0.191 e. The molecule has 0 unspecified atom stereocenters. The van der Waals surface area contributed by atoms with Gasteiger partial charge in [0.2, 0.25) is 0 Å². The van der Waals surface area contributed by atoms with Gasteiger partial charge in [0.25, 0.3) is 0 Å². The van der Waals surface area contributed by atoms with Gasteiger partial charge in [0, 0.05) is 25.9 Å². The first kappa shape index (κ1) is 25.4. The molecule has 5 nitrogen and oxygen atoms in total. The topological polar surface area (TPSA) is 54.9 Å². The molecule has 2 rings (SSSR count). The summed E-state index contributed by atoms with van der Waals surface area (Å²) in [5, 5.41) is 6.58. The van der Waals surface area contributed by atoms with E-state index in [2.05, 4.69) is 15.6 Å². The number of rotatable bonds is 9. The number of hydrogen-bond donors (Lipinski definition) is 2. The molecule has 0 aliphatic carbocycles. The third-order valence-electron chi connectivity index (χ3n) is 4.13. The Morgan fingerprint density at radius 3 is 2.48 bits per heavy atom. The Morgan fingerprint density at radius 1 is 1.07 bits per heavy atom. The van der Waals surface area contributed by atoms with Gasteiger partial charge in [0.05, 0.1) is 13.7 Å². The van der Waals surface area contributed by atoms with Crippen LogP contribution in [-0.2, 0) is 18.8 Å². The molecular weight excluding hydrogens is 504 g/mol. The van der Waals surface area contributed by atoms with Gasteiger partial charge in [-0.05, 0) is 54.1 Å². The van der Waals surface area contributed by atoms with E-state index < -0.39 is 0 Å². The molecule has 0 fully saturated rings. The van der Waals surface area contributed by atoms with Gasteiger partial charge in [-0.25, -0.2) is 4.39 Å². The Balaban J connectivity index is 0.00000420. The first-order chi connectivity index (χ1) is 13.6. The van der Waals surface area contributed by atoms with Crippen molar-refractivity contribution < 1.29 is 13.9 Å². The molecule has 2 N–H and O–H groups in total. The van der Waals surface area contributed by atoms with E-state index >= 15 is 0 Å². The normalized spacial score (nSPS) is 10.9. The number of aliphatic imine (C=N–C) groups is 1. The Labute approximate surface area is 193 Å². The van der Waals surface area contributed by atoms with Crippen molar-refractivity contribution in [2.45, 2.75) is 25.8 Å². The second-order valence-corrected chi connectivity index (χ2v) is 6.91. The molecule has 29 heavy (non-hydrogen) atoms. The predicted octanol–water partition coefficient (Wildman–Crippen LogP) is 4.58. The van der Waals surface area contributed by atoms with Crippen LogP contribution in [0.1, 0.15) is 23.6 Å². The van der Waals surface area contributed by atoms with Gasteiger partial charge in [0.1, 0.15) is 5.82 Å². The smallest absolute Gasteiger partial charge is 0.191 e. The maximum absolute atomic E-state index is 13.5. The second kappa shape index (κ2) is 13.5. The van der Waals surface area contributed by atoms with Crippen molar-refractivity contribution in [2.75, 3.05) is 27.0 Å². The summed E-state index contributed by atoms with van der Waals surface area (Å²) in [6.45, 7) is 3.68. The van der Waals surface area contributed by atoms with Crippen LogP contribution in [-0.4, -0.2) is 33.0 Å². The summed E-state index contributed by atoms with van der Waals surface area (Å²) in [5.41, 5.74) is 3.10. The summed E-state index contributed by atoms with van der Waals surface area (Å²) in [5.74, 6) is 2.67. The number of hydrogen-bond acceptors (Lipinski definition) is 4. The van der Waals surface area contributed by atoms with E-state index in [9.17, 15) is 4.39 Å². The number of nitrogens with one attached hydrogen (secondary N) is 2. The minimum atomic E-state index is -0.208. The minimum absolute atomic E-state index is 0. The van der Waals surface area contributed by atoms with Gasteiger partial charge >= 0.3 is 0 Å². The van der Waals surface area contributed by atoms with Crippen molar-refractivity contribution in [1.82, 2.24) is 10.6 Å². The zero-order valence-electron chi connectivity index (χ0n) is 17.3. The Hall–Kier alpha value is -1.68. The highest BCUT2D eigenvalue weighted by molar-refractivity contribution is 14.0. The average Bonchev–Trinajstić information content (AvgIpc) is 2.70. The number of halogens is 2. The van der Waals surface area contributed by atoms with Gasteiger partial charge in [-0.15, -0.1) is 24.0 Å². The molecular formula is C21H29FIN3O2S. The highest BCUT2D eigenvalue weighted by atomic mass is 127. The third-order valence-corrected chi connectivity index (χ3v) is 4.73. The van der Waals surface area contributed by atoms with Gasteiger partial charge in [-0.3, -0.25) is 4.99 Å². The number of guanidine groups is 1. The lowest BCUT2D eigenvalue weighted by molar-refractivity contribution is 0.310. The first-order valence-electron chi connectivity index (χ1n) is 9.11. The monoisotopic (exact) mass is 533 g/mol. The van der Waals surface area contributed by atoms with Crippen LogP contribution in [0.15, 0.2) is 41.4 Å². The predicted molar refractivity (Wildman–Crippen MR) is 130 cm³/mol. The van der Waals surface area contributed by atoms with E-state index in [4.69, 9.17) is 9.47 Å². The lowest BCUT2D eigenvalue weighted by Gasteiger charge is -2.15. The van der Waals surface area contributed by atoms with Gasteiger partial charge in [0.15, 0.2) is 17.5 Å². The molecule has 0 aliphatic heterocycles. The molecule has 0 heterocycles. The highest BCUT2D eigenvalue weighted by Gasteiger charge is 2.08. The molecule has 0 amide bonds. The standard InChI is InChI=1S/C21H28FN3O2S.HI/c1-5-27-20-10-15(6-9-19(20)26-3)12-24-21(23-2)25-13-16-7-8-18(22)11-17(16)14-28-4;/h6-11H,5,12-14H2,1-4H3,(H2,23,24,25);1H. The SMILES string of the molecule is CCOc1cc(CNC(=NC)NCc2ccc(F)cc2CSC)ccc1OC.I. The highest BCUT2D eigenvalue weighted by Crippen LogP contribution is 2.28. The van der Waals surface area contributed by atoms with E-state index in [0.29, 0.717) is 31.4 Å². The Kier molecular flexibility index (Phi) is 11.8. The number of ether oxygens (including phenoxy) is 2. The summed E-state index contributed by atoms with van der Waals surface area (Å²) >= 11 is 1.67. The minimum Gasteiger partial charge on any atom is -0.493 e. The quantitative estimate of drug-likeness (QED) is 0.281. The molecule has 0 saturated carbocycles. The fourth-order valence-electron chi connectivity index (χ4n) is 2.74. The fraction of sp³-hybridized carbons (Fsp3) is 0.381. The summed E-state index contributed by atoms with van der Waals surface area (Å²) in [4.78, 5) is 4.26. The van der Waals surface area contributed by atoms with Gasteiger partial charge in [-0.2, -0.15) is 11.8 Å². The molecule has 0 radical (unpaired) electrons. The molecule has 0 atom stereocenters. The van der Waals surface area contributed by atoms with Crippen LogP contribution in [0, 0.1) is 5.82 Å². The molecule has 0 saturated heterocycles. The van der Waals surface area contributed by atoms with Gasteiger partial charge < -0.3 is 20.1 Å². The number of thioether (sulfide) groups is 1. The lowest BCUT2D eigenvalue weighted by atomic mass is 10.1. The third kappa shape index (κ3) is 7.93. The Morgan fingerprint density at radius 2 is 1.83 bits per heavy atom. The fourth-order valence-corrected chi connectivity index (χ4v) is 3.32. The van der Waals surface area contributed by atoms with E-state index in [1.54, 1.807) is 32.0 Å². The summed E-state index contributed by atoms with van der Waals surface area (Å²) < 4.78 is 24.4. The summed E-state index contributed by atoms with van der Waals surface area (Å²) in [6, 6.07) is 10.7. The van der Waals surface area contributed by atoms with Crippen LogP contribution >= 0.6 is 35.7 Å². The number of benzene rings is 2. The van der Waals surface area contributed by atoms with Crippen LogP contribution in [0.3, 0.4) is 0 Å². The van der Waals surface area contributed by atoms with Crippen molar-refractivity contribution in [3.63, 3.8) is 0 Å². The van der Waals surface area contributed by atoms with E-state index in [1.807, 2.05) is 37.4 Å². The van der Waals surface area contributed by atoms with Crippen LogP contribution in [0.25, 0.3) is 0 Å². The zero-order chi connectivity index (χ0) is 20.4. The summed E-state index contributed by atoms with van der Waals surface area (Å²) in [7, 11) is 3.35. The first-order valence-corrected chi connectivity index (χ1v) is 10.5. The lowest BCUT2D eigenvalue weighted by Crippen LogP contribution is -2.36. The van der Waals surface area contributed by atoms with Crippen molar-refractivity contribution >= 4 is 41.7 Å². The second-order valence-electron chi connectivity index (χ2n) is 6.04. The average molecular weight is 533 g/mol. The number of nitrogens with zero attached hydrogens (tertiary/aromatic N) is 1. The molecule has 8 heteroatoms. The van der Waals surface area contributed by atoms with E-state index in [0.717, 1.165) is 28.2 Å². The van der Waals surface area contributed by atoms with E-state index in [-0.39, 0.29) is 29.8 Å². The molecule has 2 aromatic carbocycles. The van der Waals surface area contributed by atoms with Crippen LogP contribution < -0.4 is 20.1 Å². The molecule has 0 spiro atoms. The largest absolute Gasteiger partial charge is 0.493 e. The molecule has 0 aromatic heterocycles. The van der Waals surface area contributed by atoms with Crippen molar-refractivity contribution in [3.05, 3.63) is 58.9 Å². The molecule has 0 aliphatic rings. The van der Waals surface area contributed by atoms with Crippen molar-refractivity contribution in [3.8, 4) is 11.5 Å². The number of methoxy groups -OCH3 is 1. The van der Waals surface area contributed by atoms with Crippen molar-refractivity contribution in [1.29, 1.82) is 0 Å². The van der Waals surface area contributed by atoms with Crippen molar-refractivity contribution in [2.24, 2.45) is 4.99 Å². The molecule has 0 bridgehead atoms. The summed E-state index contributed by atoms with van der Waals surface area (Å²) in [6.07, 6.45) is 2.01. The van der Waals surface area contributed by atoms with Crippen LogP contribution in [0.2, 0.25) is 0 Å². The Bertz CT molecular complexity index is 805. The van der Waals surface area contributed by atoms with Crippen LogP contribution in [0.5, 0.6) is 11.5 Å². The van der Waals surface area contributed by atoms with E-state index in [1.165, 1.54) is 6.07 Å².